The summed E-state index contributed by atoms with van der Waals surface area (Å²) in [6.45, 7) is 9.04. The number of ether oxygens (including phenoxy) is 1. The van der Waals surface area contributed by atoms with E-state index >= 15 is 0 Å². The Morgan fingerprint density at radius 2 is 2.07 bits per heavy atom. The molecule has 0 saturated carbocycles. The number of hydrogen-bond donors (Lipinski definition) is 1. The van der Waals surface area contributed by atoms with Gasteiger partial charge in [-0.1, -0.05) is 30.0 Å². The third-order valence-corrected chi connectivity index (χ3v) is 5.10. The van der Waals surface area contributed by atoms with Crippen LogP contribution in [-0.4, -0.2) is 64.0 Å². The number of thioether (sulfide) groups is 1. The average molecular weight is 418 g/mol. The minimum Gasteiger partial charge on any atom is -0.496 e. The molecule has 9 heteroatoms. The highest BCUT2D eigenvalue weighted by Gasteiger charge is 2.20. The van der Waals surface area contributed by atoms with Gasteiger partial charge in [-0.2, -0.15) is 0 Å². The van der Waals surface area contributed by atoms with Gasteiger partial charge in [0.1, 0.15) is 5.75 Å². The molecule has 8 nitrogen and oxygen atoms in total. The summed E-state index contributed by atoms with van der Waals surface area (Å²) in [7, 11) is 1.61. The van der Waals surface area contributed by atoms with Crippen LogP contribution in [0.3, 0.4) is 0 Å². The normalized spacial score (nSPS) is 10.4. The topological polar surface area (TPSA) is 89.4 Å². The standard InChI is InChI=1S/C20H27N5O3S/c1-5-12-25-19(15-10-8-9-11-16(15)28-4)22-23-20(25)29-14-18(27)24(7-3)13-17(26)21-6-2/h5,8-11H,1,6-7,12-14H2,2-4H3,(H,21,26). The molecule has 2 aromatic rings. The van der Waals surface area contributed by atoms with Crippen molar-refractivity contribution >= 4 is 23.6 Å². The molecule has 0 unspecified atom stereocenters. The lowest BCUT2D eigenvalue weighted by Gasteiger charge is -2.20. The number of para-hydroxylation sites is 1. The first-order valence-electron chi connectivity index (χ1n) is 9.40. The van der Waals surface area contributed by atoms with Crippen molar-refractivity contribution in [3.63, 3.8) is 0 Å². The molecule has 1 aromatic carbocycles. The Morgan fingerprint density at radius 1 is 1.31 bits per heavy atom. The smallest absolute Gasteiger partial charge is 0.239 e. The van der Waals surface area contributed by atoms with Gasteiger partial charge in [-0.25, -0.2) is 0 Å². The SMILES string of the molecule is C=CCn1c(SCC(=O)N(CC)CC(=O)NCC)nnc1-c1ccccc1OC. The maximum Gasteiger partial charge on any atom is 0.239 e. The number of hydrogen-bond acceptors (Lipinski definition) is 6. The number of carbonyl (C=O) groups is 2. The molecule has 0 aliphatic rings. The lowest BCUT2D eigenvalue weighted by atomic mass is 10.2. The highest BCUT2D eigenvalue weighted by atomic mass is 32.2. The fraction of sp³-hybridized carbons (Fsp3) is 0.400. The zero-order valence-corrected chi connectivity index (χ0v) is 17.9. The molecule has 29 heavy (non-hydrogen) atoms. The molecule has 156 valence electrons. The van der Waals surface area contributed by atoms with Crippen LogP contribution in [0.25, 0.3) is 11.4 Å². The quantitative estimate of drug-likeness (QED) is 0.445. The van der Waals surface area contributed by atoms with Gasteiger partial charge in [0.2, 0.25) is 11.8 Å². The largest absolute Gasteiger partial charge is 0.496 e. The van der Waals surface area contributed by atoms with Crippen LogP contribution in [-0.2, 0) is 16.1 Å². The number of methoxy groups -OCH3 is 1. The second kappa shape index (κ2) is 11.3. The molecule has 0 radical (unpaired) electrons. The molecule has 0 spiro atoms. The van der Waals surface area contributed by atoms with Gasteiger partial charge < -0.3 is 15.0 Å². The van der Waals surface area contributed by atoms with Crippen LogP contribution in [0.4, 0.5) is 0 Å². The number of amides is 2. The molecule has 0 atom stereocenters. The lowest BCUT2D eigenvalue weighted by molar-refractivity contribution is -0.133. The summed E-state index contributed by atoms with van der Waals surface area (Å²) >= 11 is 1.29. The predicted molar refractivity (Wildman–Crippen MR) is 114 cm³/mol. The number of allylic oxidation sites excluding steroid dienone is 1. The maximum atomic E-state index is 12.6. The summed E-state index contributed by atoms with van der Waals surface area (Å²) in [5.74, 6) is 1.20. The fourth-order valence-corrected chi connectivity index (χ4v) is 3.59. The van der Waals surface area contributed by atoms with Crippen LogP contribution in [0.2, 0.25) is 0 Å². The molecule has 0 saturated heterocycles. The molecular weight excluding hydrogens is 390 g/mol. The van der Waals surface area contributed by atoms with Crippen LogP contribution in [0.1, 0.15) is 13.8 Å². The van der Waals surface area contributed by atoms with E-state index in [9.17, 15) is 9.59 Å². The van der Waals surface area contributed by atoms with Gasteiger partial charge in [0, 0.05) is 19.6 Å². The highest BCUT2D eigenvalue weighted by molar-refractivity contribution is 7.99. The van der Waals surface area contributed by atoms with Crippen molar-refractivity contribution in [1.82, 2.24) is 25.0 Å². The van der Waals surface area contributed by atoms with Crippen molar-refractivity contribution in [2.75, 3.05) is 32.5 Å². The number of likely N-dealkylation sites (N-methyl/N-ethyl adjacent to an activating group) is 2. The molecule has 1 N–H and O–H groups in total. The third-order valence-electron chi connectivity index (χ3n) is 4.14. The van der Waals surface area contributed by atoms with Crippen molar-refractivity contribution in [3.05, 3.63) is 36.9 Å². The number of benzene rings is 1. The molecule has 2 rings (SSSR count). The number of aromatic nitrogens is 3. The van der Waals surface area contributed by atoms with E-state index in [4.69, 9.17) is 4.74 Å². The first kappa shape index (κ1) is 22.5. The molecule has 1 heterocycles. The molecule has 2 amide bonds. The van der Waals surface area contributed by atoms with Gasteiger partial charge in [-0.15, -0.1) is 16.8 Å². The van der Waals surface area contributed by atoms with Crippen molar-refractivity contribution < 1.29 is 14.3 Å². The highest BCUT2D eigenvalue weighted by Crippen LogP contribution is 2.30. The minimum absolute atomic E-state index is 0.0511. The molecule has 0 aliphatic heterocycles. The van der Waals surface area contributed by atoms with Gasteiger partial charge >= 0.3 is 0 Å². The minimum atomic E-state index is -0.166. The summed E-state index contributed by atoms with van der Waals surface area (Å²) in [6.07, 6.45) is 1.75. The van der Waals surface area contributed by atoms with Gasteiger partial charge in [0.15, 0.2) is 11.0 Å². The lowest BCUT2D eigenvalue weighted by Crippen LogP contribution is -2.41. The van der Waals surface area contributed by atoms with Crippen LogP contribution in [0, 0.1) is 0 Å². The van der Waals surface area contributed by atoms with E-state index in [1.165, 1.54) is 16.7 Å². The van der Waals surface area contributed by atoms with Crippen molar-refractivity contribution in [3.8, 4) is 17.1 Å². The Hall–Kier alpha value is -2.81. The second-order valence-electron chi connectivity index (χ2n) is 6.06. The maximum absolute atomic E-state index is 12.6. The zero-order valence-electron chi connectivity index (χ0n) is 17.1. The van der Waals surface area contributed by atoms with Crippen molar-refractivity contribution in [2.24, 2.45) is 0 Å². The Bertz CT molecular complexity index is 852. The van der Waals surface area contributed by atoms with E-state index in [1.54, 1.807) is 13.2 Å². The monoisotopic (exact) mass is 417 g/mol. The first-order valence-corrected chi connectivity index (χ1v) is 10.4. The summed E-state index contributed by atoms with van der Waals surface area (Å²) in [6, 6.07) is 7.56. The molecule has 0 fully saturated rings. The van der Waals surface area contributed by atoms with Gasteiger partial charge in [-0.05, 0) is 26.0 Å². The van der Waals surface area contributed by atoms with Crippen LogP contribution >= 0.6 is 11.8 Å². The first-order chi connectivity index (χ1) is 14.0. The van der Waals surface area contributed by atoms with E-state index in [0.29, 0.717) is 36.4 Å². The van der Waals surface area contributed by atoms with Crippen LogP contribution in [0.15, 0.2) is 42.1 Å². The van der Waals surface area contributed by atoms with E-state index in [2.05, 4.69) is 22.1 Å². The van der Waals surface area contributed by atoms with Crippen LogP contribution < -0.4 is 10.1 Å². The van der Waals surface area contributed by atoms with E-state index in [-0.39, 0.29) is 24.1 Å². The van der Waals surface area contributed by atoms with Crippen molar-refractivity contribution in [2.45, 2.75) is 25.5 Å². The molecule has 1 aromatic heterocycles. The summed E-state index contributed by atoms with van der Waals surface area (Å²) < 4.78 is 7.32. The Morgan fingerprint density at radius 3 is 2.72 bits per heavy atom. The third kappa shape index (κ3) is 5.83. The predicted octanol–water partition coefficient (Wildman–Crippen LogP) is 2.22. The van der Waals surface area contributed by atoms with Gasteiger partial charge in [0.05, 0.1) is 25.0 Å². The Labute approximate surface area is 175 Å². The van der Waals surface area contributed by atoms with E-state index < -0.39 is 0 Å². The molecule has 0 aliphatic carbocycles. The summed E-state index contributed by atoms with van der Waals surface area (Å²) in [5.41, 5.74) is 0.814. The second-order valence-corrected chi connectivity index (χ2v) is 7.00. The fourth-order valence-electron chi connectivity index (χ4n) is 2.74. The molecule has 0 bridgehead atoms. The Kier molecular flexibility index (Phi) is 8.72. The van der Waals surface area contributed by atoms with Crippen LogP contribution in [0.5, 0.6) is 5.75 Å². The van der Waals surface area contributed by atoms with Crippen molar-refractivity contribution in [1.29, 1.82) is 0 Å². The van der Waals surface area contributed by atoms with Gasteiger partial charge in [0.25, 0.3) is 0 Å². The van der Waals surface area contributed by atoms with Gasteiger partial charge in [-0.3, -0.25) is 14.2 Å². The number of rotatable bonds is 11. The van der Waals surface area contributed by atoms with E-state index in [0.717, 1.165) is 5.56 Å². The summed E-state index contributed by atoms with van der Waals surface area (Å²) in [4.78, 5) is 25.9. The Balaban J connectivity index is 2.17. The number of carbonyl (C=O) groups excluding carboxylic acids is 2. The zero-order chi connectivity index (χ0) is 21.2. The number of nitrogens with zero attached hydrogens (tertiary/aromatic N) is 4. The average Bonchev–Trinajstić information content (AvgIpc) is 3.13. The summed E-state index contributed by atoms with van der Waals surface area (Å²) in [5, 5.41) is 11.9. The molecular formula is C20H27N5O3S. The van der Waals surface area contributed by atoms with E-state index in [1.807, 2.05) is 42.7 Å². The number of nitrogens with one attached hydrogen (secondary N) is 1.